The zero-order valence-electron chi connectivity index (χ0n) is 17.5. The first kappa shape index (κ1) is 18.2. The van der Waals surface area contributed by atoms with Crippen LogP contribution in [0.25, 0.3) is 0 Å². The van der Waals surface area contributed by atoms with Gasteiger partial charge in [0.25, 0.3) is 0 Å². The highest BCUT2D eigenvalue weighted by molar-refractivity contribution is 6.14. The molecule has 4 saturated carbocycles. The molecule has 5 aliphatic rings. The van der Waals surface area contributed by atoms with Crippen molar-refractivity contribution in [2.45, 2.75) is 65.4 Å². The quantitative estimate of drug-likeness (QED) is 0.712. The fourth-order valence-electron chi connectivity index (χ4n) is 7.51. The average molecular weight is 382 g/mol. The Morgan fingerprint density at radius 3 is 2.07 bits per heavy atom. The lowest BCUT2D eigenvalue weighted by atomic mass is 9.47. The lowest BCUT2D eigenvalue weighted by Gasteiger charge is -2.58. The van der Waals surface area contributed by atoms with Crippen LogP contribution in [0.1, 0.15) is 60.8 Å². The Morgan fingerprint density at radius 2 is 1.57 bits per heavy atom. The number of rotatable bonds is 3. The Bertz CT molecular complexity index is 797. The Labute approximate surface area is 167 Å². The second-order valence-electron chi connectivity index (χ2n) is 10.1. The second kappa shape index (κ2) is 6.33. The molecule has 4 nitrogen and oxygen atoms in total. The summed E-state index contributed by atoms with van der Waals surface area (Å²) in [6.07, 6.45) is 7.50. The van der Waals surface area contributed by atoms with Gasteiger partial charge in [0.15, 0.2) is 6.10 Å². The molecule has 1 aromatic carbocycles. The van der Waals surface area contributed by atoms with Crippen LogP contribution in [0.15, 0.2) is 17.3 Å². The molecule has 0 saturated heterocycles. The van der Waals surface area contributed by atoms with Crippen molar-refractivity contribution in [3.63, 3.8) is 0 Å². The lowest BCUT2D eigenvalue weighted by molar-refractivity contribution is -0.165. The molecule has 1 heterocycles. The lowest BCUT2D eigenvalue weighted by Crippen LogP contribution is -2.55. The molecule has 6 rings (SSSR count). The standard InChI is InChI=1S/C24H31NO3/c1-13-5-14(2)19(15(3)6-13)21-20(23(26)27-4)22(28-25-21)24-10-16-7-17(11-24)9-18(8-16)12-24/h5-6,16-18,20,22H,7-12H2,1-4H3/t16?,17?,18?,20-,22-,24?/m0/s1. The molecule has 0 unspecified atom stereocenters. The van der Waals surface area contributed by atoms with Crippen LogP contribution in [0.4, 0.5) is 0 Å². The summed E-state index contributed by atoms with van der Waals surface area (Å²) < 4.78 is 5.28. The number of hydrogen-bond donors (Lipinski definition) is 0. The van der Waals surface area contributed by atoms with Gasteiger partial charge in [-0.25, -0.2) is 0 Å². The van der Waals surface area contributed by atoms with E-state index in [1.807, 2.05) is 0 Å². The average Bonchev–Trinajstić information content (AvgIpc) is 3.04. The highest BCUT2D eigenvalue weighted by Crippen LogP contribution is 2.63. The van der Waals surface area contributed by atoms with E-state index in [9.17, 15) is 4.79 Å². The van der Waals surface area contributed by atoms with Gasteiger partial charge in [-0.3, -0.25) is 4.79 Å². The Balaban J connectivity index is 1.55. The van der Waals surface area contributed by atoms with Crippen molar-refractivity contribution < 1.29 is 14.4 Å². The van der Waals surface area contributed by atoms with E-state index >= 15 is 0 Å². The normalized spacial score (nSPS) is 38.3. The van der Waals surface area contributed by atoms with Crippen molar-refractivity contribution in [3.8, 4) is 0 Å². The molecule has 28 heavy (non-hydrogen) atoms. The third-order valence-corrected chi connectivity index (χ3v) is 7.94. The summed E-state index contributed by atoms with van der Waals surface area (Å²) >= 11 is 0. The Morgan fingerprint density at radius 1 is 1.04 bits per heavy atom. The van der Waals surface area contributed by atoms with Crippen molar-refractivity contribution in [2.24, 2.45) is 34.2 Å². The number of esters is 1. The summed E-state index contributed by atoms with van der Waals surface area (Å²) in [7, 11) is 1.49. The first-order chi connectivity index (χ1) is 13.4. The van der Waals surface area contributed by atoms with Crippen molar-refractivity contribution in [1.82, 2.24) is 0 Å². The molecule has 0 aromatic heterocycles. The SMILES string of the molecule is COC(=O)[C@H]1C(c2c(C)cc(C)cc2C)=NO[C@@H]1C12CC3CC(CC(C3)C1)C2. The van der Waals surface area contributed by atoms with Gasteiger partial charge >= 0.3 is 5.97 Å². The fraction of sp³-hybridized carbons (Fsp3) is 0.667. The van der Waals surface area contributed by atoms with Gasteiger partial charge in [-0.2, -0.15) is 0 Å². The summed E-state index contributed by atoms with van der Waals surface area (Å²) in [6, 6.07) is 4.33. The van der Waals surface area contributed by atoms with E-state index in [2.05, 4.69) is 38.1 Å². The van der Waals surface area contributed by atoms with Gasteiger partial charge in [-0.05, 0) is 88.2 Å². The molecule has 0 amide bonds. The Kier molecular flexibility index (Phi) is 4.12. The van der Waals surface area contributed by atoms with Crippen molar-refractivity contribution in [2.75, 3.05) is 7.11 Å². The number of ether oxygens (including phenoxy) is 1. The second-order valence-corrected chi connectivity index (χ2v) is 10.1. The van der Waals surface area contributed by atoms with Crippen LogP contribution in [-0.2, 0) is 14.4 Å². The van der Waals surface area contributed by atoms with Crippen molar-refractivity contribution in [3.05, 3.63) is 34.4 Å². The molecule has 150 valence electrons. The van der Waals surface area contributed by atoms with E-state index in [0.29, 0.717) is 0 Å². The summed E-state index contributed by atoms with van der Waals surface area (Å²) in [5.74, 6) is 1.80. The largest absolute Gasteiger partial charge is 0.468 e. The predicted octanol–water partition coefficient (Wildman–Crippen LogP) is 4.72. The third kappa shape index (κ3) is 2.63. The molecule has 0 N–H and O–H groups in total. The van der Waals surface area contributed by atoms with Gasteiger partial charge < -0.3 is 9.57 Å². The molecule has 4 heteroatoms. The van der Waals surface area contributed by atoms with E-state index in [1.165, 1.54) is 51.2 Å². The first-order valence-corrected chi connectivity index (χ1v) is 10.8. The highest BCUT2D eigenvalue weighted by Gasteiger charge is 2.60. The molecule has 4 aliphatic carbocycles. The van der Waals surface area contributed by atoms with Crippen LogP contribution in [0, 0.1) is 49.9 Å². The summed E-state index contributed by atoms with van der Waals surface area (Å²) in [6.45, 7) is 6.31. The Hall–Kier alpha value is -1.84. The highest BCUT2D eigenvalue weighted by atomic mass is 16.6. The minimum absolute atomic E-state index is 0.0887. The number of benzene rings is 1. The van der Waals surface area contributed by atoms with Crippen LogP contribution in [0.5, 0.6) is 0 Å². The number of carbonyl (C=O) groups is 1. The molecule has 4 fully saturated rings. The van der Waals surface area contributed by atoms with Gasteiger partial charge in [0, 0.05) is 11.0 Å². The fourth-order valence-corrected chi connectivity index (χ4v) is 7.51. The van der Waals surface area contributed by atoms with E-state index < -0.39 is 5.92 Å². The van der Waals surface area contributed by atoms with Crippen LogP contribution in [-0.4, -0.2) is 24.9 Å². The summed E-state index contributed by atoms with van der Waals surface area (Å²) in [4.78, 5) is 19.2. The molecule has 0 radical (unpaired) electrons. The number of carbonyl (C=O) groups excluding carboxylic acids is 1. The summed E-state index contributed by atoms with van der Waals surface area (Å²) in [5.41, 5.74) is 5.46. The maximum absolute atomic E-state index is 13.0. The number of hydrogen-bond acceptors (Lipinski definition) is 4. The van der Waals surface area contributed by atoms with Gasteiger partial charge in [0.2, 0.25) is 0 Å². The van der Waals surface area contributed by atoms with Gasteiger partial charge in [-0.1, -0.05) is 22.9 Å². The topological polar surface area (TPSA) is 47.9 Å². The molecule has 1 aromatic rings. The predicted molar refractivity (Wildman–Crippen MR) is 108 cm³/mol. The molecule has 2 atom stereocenters. The molecular formula is C24H31NO3. The smallest absolute Gasteiger partial charge is 0.318 e. The minimum Gasteiger partial charge on any atom is -0.468 e. The van der Waals surface area contributed by atoms with Crippen LogP contribution in [0.2, 0.25) is 0 Å². The first-order valence-electron chi connectivity index (χ1n) is 10.8. The van der Waals surface area contributed by atoms with Crippen molar-refractivity contribution >= 4 is 11.7 Å². The van der Waals surface area contributed by atoms with E-state index in [0.717, 1.165) is 40.2 Å². The molecule has 4 bridgehead atoms. The molecular weight excluding hydrogens is 350 g/mol. The minimum atomic E-state index is -0.415. The maximum Gasteiger partial charge on any atom is 0.318 e. The van der Waals surface area contributed by atoms with E-state index in [-0.39, 0.29) is 17.5 Å². The monoisotopic (exact) mass is 381 g/mol. The van der Waals surface area contributed by atoms with E-state index in [4.69, 9.17) is 9.57 Å². The zero-order chi connectivity index (χ0) is 19.6. The van der Waals surface area contributed by atoms with Crippen LogP contribution < -0.4 is 0 Å². The van der Waals surface area contributed by atoms with Gasteiger partial charge in [-0.15, -0.1) is 0 Å². The van der Waals surface area contributed by atoms with Crippen molar-refractivity contribution in [1.29, 1.82) is 0 Å². The number of nitrogens with zero attached hydrogens (tertiary/aromatic N) is 1. The van der Waals surface area contributed by atoms with Gasteiger partial charge in [0.05, 0.1) is 7.11 Å². The third-order valence-electron chi connectivity index (χ3n) is 7.94. The molecule has 0 spiro atoms. The van der Waals surface area contributed by atoms with E-state index in [1.54, 1.807) is 0 Å². The zero-order valence-corrected chi connectivity index (χ0v) is 17.5. The summed E-state index contributed by atoms with van der Waals surface area (Å²) in [5, 5.41) is 4.56. The number of aryl methyl sites for hydroxylation is 3. The van der Waals surface area contributed by atoms with Gasteiger partial charge in [0.1, 0.15) is 11.6 Å². The van der Waals surface area contributed by atoms with Crippen LogP contribution in [0.3, 0.4) is 0 Å². The molecule has 1 aliphatic heterocycles. The maximum atomic E-state index is 13.0. The number of oxime groups is 1. The van der Waals surface area contributed by atoms with Crippen LogP contribution >= 0.6 is 0 Å². The number of methoxy groups -OCH3 is 1.